The van der Waals surface area contributed by atoms with Gasteiger partial charge in [-0.25, -0.2) is 4.68 Å². The molecule has 0 aliphatic rings. The summed E-state index contributed by atoms with van der Waals surface area (Å²) in [5.41, 5.74) is 1.50. The normalized spacial score (nSPS) is 11.5. The molecule has 3 rings (SSSR count). The quantitative estimate of drug-likeness (QED) is 0.449. The highest BCUT2D eigenvalue weighted by molar-refractivity contribution is 6.57. The molecule has 0 radical (unpaired) electrons. The molecule has 2 aromatic carbocycles. The molecule has 0 saturated heterocycles. The van der Waals surface area contributed by atoms with Gasteiger partial charge in [-0.3, -0.25) is 0 Å². The molecular formula is C18H10Cl3F3N2. The Labute approximate surface area is 162 Å². The van der Waals surface area contributed by atoms with E-state index in [1.54, 1.807) is 35.0 Å². The predicted molar refractivity (Wildman–Crippen MR) is 98.7 cm³/mol. The standard InChI is InChI=1S/C18H10Cl3F3N2/c19-13-2-1-3-14(8-13)26-15(10-17(20)21)9-16(25-26)11-4-6-12(7-5-11)18(22,23)24/h1-10H. The van der Waals surface area contributed by atoms with Crippen molar-refractivity contribution >= 4 is 40.9 Å². The molecule has 0 N–H and O–H groups in total. The first-order valence-electron chi connectivity index (χ1n) is 7.30. The zero-order valence-electron chi connectivity index (χ0n) is 12.9. The summed E-state index contributed by atoms with van der Waals surface area (Å²) in [6, 6.07) is 13.4. The molecule has 3 aromatic rings. The van der Waals surface area contributed by atoms with Gasteiger partial charge in [0.1, 0.15) is 4.49 Å². The van der Waals surface area contributed by atoms with Gasteiger partial charge in [-0.2, -0.15) is 18.3 Å². The van der Waals surface area contributed by atoms with Crippen molar-refractivity contribution in [3.63, 3.8) is 0 Å². The maximum atomic E-state index is 12.7. The van der Waals surface area contributed by atoms with Gasteiger partial charge >= 0.3 is 6.18 Å². The third kappa shape index (κ3) is 4.23. The fraction of sp³-hybridized carbons (Fsp3) is 0.0556. The molecule has 0 unspecified atom stereocenters. The highest BCUT2D eigenvalue weighted by Gasteiger charge is 2.30. The smallest absolute Gasteiger partial charge is 0.233 e. The van der Waals surface area contributed by atoms with Gasteiger partial charge in [0, 0.05) is 10.6 Å². The zero-order valence-corrected chi connectivity index (χ0v) is 15.2. The molecule has 0 fully saturated rings. The van der Waals surface area contributed by atoms with Gasteiger partial charge in [-0.1, -0.05) is 53.0 Å². The van der Waals surface area contributed by atoms with E-state index in [2.05, 4.69) is 5.10 Å². The van der Waals surface area contributed by atoms with Crippen LogP contribution in [0.4, 0.5) is 13.2 Å². The van der Waals surface area contributed by atoms with E-state index in [9.17, 15) is 13.2 Å². The second-order valence-corrected chi connectivity index (χ2v) is 6.80. The summed E-state index contributed by atoms with van der Waals surface area (Å²) in [5.74, 6) is 0. The van der Waals surface area contributed by atoms with Crippen LogP contribution in [-0.2, 0) is 6.18 Å². The third-order valence-electron chi connectivity index (χ3n) is 3.55. The number of nitrogens with zero attached hydrogens (tertiary/aromatic N) is 2. The third-order valence-corrected chi connectivity index (χ3v) is 4.01. The molecule has 0 aliphatic carbocycles. The lowest BCUT2D eigenvalue weighted by Gasteiger charge is -2.06. The molecule has 0 amide bonds. The summed E-state index contributed by atoms with van der Waals surface area (Å²) >= 11 is 17.5. The van der Waals surface area contributed by atoms with Gasteiger partial charge in [0.2, 0.25) is 0 Å². The minimum absolute atomic E-state index is 0.0205. The van der Waals surface area contributed by atoms with E-state index in [4.69, 9.17) is 34.8 Å². The second kappa shape index (κ2) is 7.35. The van der Waals surface area contributed by atoms with E-state index in [0.29, 0.717) is 27.7 Å². The molecule has 134 valence electrons. The molecule has 0 atom stereocenters. The monoisotopic (exact) mass is 416 g/mol. The molecule has 0 bridgehead atoms. The Morgan fingerprint density at radius 2 is 1.69 bits per heavy atom. The molecular weight excluding hydrogens is 408 g/mol. The van der Waals surface area contributed by atoms with Crippen LogP contribution in [0.1, 0.15) is 11.3 Å². The van der Waals surface area contributed by atoms with Crippen LogP contribution in [0.2, 0.25) is 5.02 Å². The first kappa shape index (κ1) is 18.8. The molecule has 2 nitrogen and oxygen atoms in total. The second-order valence-electron chi connectivity index (χ2n) is 5.36. The van der Waals surface area contributed by atoms with Gasteiger partial charge in [-0.05, 0) is 42.5 Å². The number of benzene rings is 2. The summed E-state index contributed by atoms with van der Waals surface area (Å²) in [7, 11) is 0. The molecule has 0 aliphatic heterocycles. The lowest BCUT2D eigenvalue weighted by Crippen LogP contribution is -2.04. The van der Waals surface area contributed by atoms with Gasteiger partial charge in [0.15, 0.2) is 0 Å². The molecule has 8 heteroatoms. The van der Waals surface area contributed by atoms with Crippen LogP contribution in [0.25, 0.3) is 23.0 Å². The average Bonchev–Trinajstić information content (AvgIpc) is 2.97. The Morgan fingerprint density at radius 1 is 1.00 bits per heavy atom. The minimum Gasteiger partial charge on any atom is -0.233 e. The lowest BCUT2D eigenvalue weighted by molar-refractivity contribution is -0.137. The number of alkyl halides is 3. The Kier molecular flexibility index (Phi) is 5.32. The minimum atomic E-state index is -4.39. The van der Waals surface area contributed by atoms with Crippen LogP contribution in [0.5, 0.6) is 0 Å². The van der Waals surface area contributed by atoms with Crippen LogP contribution < -0.4 is 0 Å². The van der Waals surface area contributed by atoms with Crippen LogP contribution in [0.15, 0.2) is 59.1 Å². The van der Waals surface area contributed by atoms with E-state index in [1.807, 2.05) is 0 Å². The number of aromatic nitrogens is 2. The van der Waals surface area contributed by atoms with E-state index in [1.165, 1.54) is 18.2 Å². The fourth-order valence-corrected chi connectivity index (χ4v) is 2.80. The van der Waals surface area contributed by atoms with E-state index in [0.717, 1.165) is 12.1 Å². The van der Waals surface area contributed by atoms with Gasteiger partial charge in [-0.15, -0.1) is 0 Å². The fourth-order valence-electron chi connectivity index (χ4n) is 2.40. The van der Waals surface area contributed by atoms with Crippen LogP contribution in [0, 0.1) is 0 Å². The van der Waals surface area contributed by atoms with Gasteiger partial charge in [0.25, 0.3) is 0 Å². The van der Waals surface area contributed by atoms with Crippen molar-refractivity contribution in [3.05, 3.63) is 75.4 Å². The van der Waals surface area contributed by atoms with Crippen molar-refractivity contribution in [2.75, 3.05) is 0 Å². The largest absolute Gasteiger partial charge is 0.416 e. The van der Waals surface area contributed by atoms with Crippen molar-refractivity contribution < 1.29 is 13.2 Å². The SMILES string of the molecule is FC(F)(F)c1ccc(-c2cc(C=C(Cl)Cl)n(-c3cccc(Cl)c3)n2)cc1. The summed E-state index contributed by atoms with van der Waals surface area (Å²) in [6.07, 6.45) is -2.90. The molecule has 0 saturated carbocycles. The van der Waals surface area contributed by atoms with Crippen LogP contribution >= 0.6 is 34.8 Å². The van der Waals surface area contributed by atoms with Gasteiger partial charge < -0.3 is 0 Å². The van der Waals surface area contributed by atoms with Crippen molar-refractivity contribution in [1.82, 2.24) is 9.78 Å². The van der Waals surface area contributed by atoms with E-state index in [-0.39, 0.29) is 4.49 Å². The summed E-state index contributed by atoms with van der Waals surface area (Å²) in [6.45, 7) is 0. The van der Waals surface area contributed by atoms with E-state index >= 15 is 0 Å². The van der Waals surface area contributed by atoms with Crippen molar-refractivity contribution in [2.45, 2.75) is 6.18 Å². The lowest BCUT2D eigenvalue weighted by atomic mass is 10.1. The van der Waals surface area contributed by atoms with Crippen molar-refractivity contribution in [1.29, 1.82) is 0 Å². The Bertz CT molecular complexity index is 957. The van der Waals surface area contributed by atoms with Crippen molar-refractivity contribution in [2.24, 2.45) is 0 Å². The van der Waals surface area contributed by atoms with Crippen molar-refractivity contribution in [3.8, 4) is 16.9 Å². The average molecular weight is 418 g/mol. The Morgan fingerprint density at radius 3 is 2.27 bits per heavy atom. The summed E-state index contributed by atoms with van der Waals surface area (Å²) in [5, 5.41) is 4.97. The first-order chi connectivity index (χ1) is 12.2. The van der Waals surface area contributed by atoms with Crippen LogP contribution in [0.3, 0.4) is 0 Å². The molecule has 26 heavy (non-hydrogen) atoms. The number of hydrogen-bond acceptors (Lipinski definition) is 1. The molecule has 1 heterocycles. The Balaban J connectivity index is 2.08. The predicted octanol–water partition coefficient (Wildman–Crippen LogP) is 6.99. The summed E-state index contributed by atoms with van der Waals surface area (Å²) in [4.78, 5) is 0. The maximum Gasteiger partial charge on any atom is 0.416 e. The van der Waals surface area contributed by atoms with Crippen LogP contribution in [-0.4, -0.2) is 9.78 Å². The number of rotatable bonds is 3. The van der Waals surface area contributed by atoms with Gasteiger partial charge in [0.05, 0.1) is 22.6 Å². The highest BCUT2D eigenvalue weighted by atomic mass is 35.5. The topological polar surface area (TPSA) is 17.8 Å². The Hall–Kier alpha value is -1.95. The van der Waals surface area contributed by atoms with E-state index < -0.39 is 11.7 Å². The maximum absolute atomic E-state index is 12.7. The summed E-state index contributed by atoms with van der Waals surface area (Å²) < 4.78 is 39.8. The first-order valence-corrected chi connectivity index (χ1v) is 8.44. The zero-order chi connectivity index (χ0) is 18.9. The number of halogens is 6. The highest BCUT2D eigenvalue weighted by Crippen LogP contribution is 2.31. The number of hydrogen-bond donors (Lipinski definition) is 0. The molecule has 0 spiro atoms. The molecule has 1 aromatic heterocycles.